The number of hydrogen-bond donors (Lipinski definition) is 0. The monoisotopic (exact) mass is 276 g/mol. The van der Waals surface area contributed by atoms with Crippen molar-refractivity contribution in [3.63, 3.8) is 0 Å². The average molecular weight is 276 g/mol. The van der Waals surface area contributed by atoms with E-state index in [0.29, 0.717) is 0 Å². The van der Waals surface area contributed by atoms with Crippen LogP contribution in [0.2, 0.25) is 0 Å². The van der Waals surface area contributed by atoms with Gasteiger partial charge in [0, 0.05) is 0 Å². The Morgan fingerprint density at radius 1 is 1.10 bits per heavy atom. The van der Waals surface area contributed by atoms with Crippen LogP contribution in [-0.4, -0.2) is 7.85 Å². The maximum absolute atomic E-state index is 5.86. The number of fused-ring (bicyclic) bond motifs is 1. The van der Waals surface area contributed by atoms with Crippen LogP contribution in [0.25, 0.3) is 0 Å². The quantitative estimate of drug-likeness (QED) is 0.580. The fourth-order valence-electron chi connectivity index (χ4n) is 5.53. The standard InChI is InChI=1S/C20H25B/c1-13-8-15-10-16-11-17(12-20(15)16)19(13)7-3-5-14-4-2-6-18(21)9-14/h2-4,6-7,9,13,15-17,19-20H,5,8,10-12H2,1H3/b7-3+. The van der Waals surface area contributed by atoms with Gasteiger partial charge in [-0.2, -0.15) is 0 Å². The van der Waals surface area contributed by atoms with Crippen LogP contribution in [0.15, 0.2) is 36.4 Å². The van der Waals surface area contributed by atoms with Crippen molar-refractivity contribution in [2.75, 3.05) is 0 Å². The first-order chi connectivity index (χ1) is 10.2. The molecule has 1 aromatic rings. The minimum absolute atomic E-state index is 0.823. The second kappa shape index (κ2) is 5.34. The molecule has 3 aliphatic carbocycles. The Hall–Kier alpha value is -0.975. The van der Waals surface area contributed by atoms with Crippen molar-refractivity contribution in [1.82, 2.24) is 0 Å². The molecule has 0 aromatic heterocycles. The molecule has 0 saturated heterocycles. The molecule has 3 fully saturated rings. The largest absolute Gasteiger partial charge is 0.113 e. The summed E-state index contributed by atoms with van der Waals surface area (Å²) in [5.74, 6) is 5.94. The van der Waals surface area contributed by atoms with Crippen LogP contribution in [0.4, 0.5) is 0 Å². The lowest BCUT2D eigenvalue weighted by Crippen LogP contribution is -2.34. The normalized spacial score (nSPS) is 41.0. The number of rotatable bonds is 3. The van der Waals surface area contributed by atoms with Gasteiger partial charge in [-0.05, 0) is 73.2 Å². The molecule has 1 heteroatoms. The van der Waals surface area contributed by atoms with Gasteiger partial charge in [0.2, 0.25) is 0 Å². The van der Waals surface area contributed by atoms with E-state index < -0.39 is 0 Å². The van der Waals surface area contributed by atoms with Gasteiger partial charge in [-0.15, -0.1) is 0 Å². The lowest BCUT2D eigenvalue weighted by atomic mass is 9.62. The molecule has 0 nitrogen and oxygen atoms in total. The molecule has 3 saturated carbocycles. The summed E-state index contributed by atoms with van der Waals surface area (Å²) in [5, 5.41) is 0. The van der Waals surface area contributed by atoms with E-state index in [2.05, 4.69) is 37.3 Å². The summed E-state index contributed by atoms with van der Waals surface area (Å²) in [6.45, 7) is 2.49. The van der Waals surface area contributed by atoms with Crippen molar-refractivity contribution in [1.29, 1.82) is 0 Å². The molecule has 6 unspecified atom stereocenters. The lowest BCUT2D eigenvalue weighted by molar-refractivity contribution is 0.0723. The van der Waals surface area contributed by atoms with Crippen LogP contribution in [-0.2, 0) is 6.42 Å². The van der Waals surface area contributed by atoms with Gasteiger partial charge in [-0.25, -0.2) is 0 Å². The molecule has 0 heterocycles. The third-order valence-corrected chi connectivity index (χ3v) is 6.54. The van der Waals surface area contributed by atoms with Crippen LogP contribution < -0.4 is 5.46 Å². The highest BCUT2D eigenvalue weighted by atomic mass is 14.6. The summed E-state index contributed by atoms with van der Waals surface area (Å²) in [4.78, 5) is 0. The van der Waals surface area contributed by atoms with Crippen molar-refractivity contribution >= 4 is 13.3 Å². The molecule has 21 heavy (non-hydrogen) atoms. The van der Waals surface area contributed by atoms with Crippen molar-refractivity contribution in [3.8, 4) is 0 Å². The predicted molar refractivity (Wildman–Crippen MR) is 89.8 cm³/mol. The minimum Gasteiger partial charge on any atom is -0.0964 e. The van der Waals surface area contributed by atoms with Crippen LogP contribution in [0.5, 0.6) is 0 Å². The van der Waals surface area contributed by atoms with Gasteiger partial charge in [0.25, 0.3) is 0 Å². The van der Waals surface area contributed by atoms with Gasteiger partial charge in [-0.3, -0.25) is 0 Å². The van der Waals surface area contributed by atoms with Crippen molar-refractivity contribution in [2.45, 2.75) is 39.0 Å². The first kappa shape index (κ1) is 13.7. The van der Waals surface area contributed by atoms with E-state index in [0.717, 1.165) is 47.4 Å². The molecule has 0 aliphatic heterocycles. The molecule has 108 valence electrons. The SMILES string of the molecule is [B]c1cccc(C/C=C/C2C(C)CC3CC4CC2CC34)c1. The molecule has 0 N–H and O–H groups in total. The van der Waals surface area contributed by atoms with Gasteiger partial charge >= 0.3 is 0 Å². The molecule has 2 bridgehead atoms. The summed E-state index contributed by atoms with van der Waals surface area (Å²) in [7, 11) is 5.86. The van der Waals surface area contributed by atoms with E-state index in [1.807, 2.05) is 6.07 Å². The van der Waals surface area contributed by atoms with E-state index in [1.54, 1.807) is 6.42 Å². The topological polar surface area (TPSA) is 0 Å². The van der Waals surface area contributed by atoms with Crippen molar-refractivity contribution < 1.29 is 0 Å². The van der Waals surface area contributed by atoms with Crippen LogP contribution in [0.1, 0.15) is 38.2 Å². The molecular weight excluding hydrogens is 251 g/mol. The zero-order valence-electron chi connectivity index (χ0n) is 13.0. The van der Waals surface area contributed by atoms with E-state index >= 15 is 0 Å². The fraction of sp³-hybridized carbons (Fsp3) is 0.600. The first-order valence-corrected chi connectivity index (χ1v) is 8.72. The Bertz CT molecular complexity index is 547. The number of hydrogen-bond acceptors (Lipinski definition) is 0. The summed E-state index contributed by atoms with van der Waals surface area (Å²) < 4.78 is 0. The second-order valence-corrected chi connectivity index (χ2v) is 7.82. The Labute approximate surface area is 130 Å². The Kier molecular flexibility index (Phi) is 3.48. The summed E-state index contributed by atoms with van der Waals surface area (Å²) in [6, 6.07) is 8.30. The maximum atomic E-state index is 5.86. The van der Waals surface area contributed by atoms with E-state index in [-0.39, 0.29) is 0 Å². The molecule has 6 atom stereocenters. The highest BCUT2D eigenvalue weighted by Gasteiger charge is 2.52. The molecule has 0 amide bonds. The van der Waals surface area contributed by atoms with Crippen molar-refractivity contribution in [3.05, 3.63) is 42.0 Å². The number of benzene rings is 1. The van der Waals surface area contributed by atoms with Gasteiger partial charge in [0.1, 0.15) is 7.85 Å². The third-order valence-electron chi connectivity index (χ3n) is 6.54. The van der Waals surface area contributed by atoms with Crippen LogP contribution in [0, 0.1) is 35.5 Å². The Balaban J connectivity index is 1.44. The zero-order valence-corrected chi connectivity index (χ0v) is 13.0. The molecule has 2 radical (unpaired) electrons. The molecular formula is C20H25B. The predicted octanol–water partition coefficient (Wildman–Crippen LogP) is 3.90. The molecule has 0 spiro atoms. The molecule has 4 rings (SSSR count). The molecule has 3 aliphatic rings. The van der Waals surface area contributed by atoms with E-state index in [1.165, 1.54) is 24.8 Å². The van der Waals surface area contributed by atoms with Gasteiger partial charge < -0.3 is 0 Å². The van der Waals surface area contributed by atoms with Crippen molar-refractivity contribution in [2.24, 2.45) is 35.5 Å². The zero-order chi connectivity index (χ0) is 14.4. The lowest BCUT2D eigenvalue weighted by Gasteiger charge is -2.43. The maximum Gasteiger partial charge on any atom is 0.113 e. The Morgan fingerprint density at radius 3 is 2.76 bits per heavy atom. The van der Waals surface area contributed by atoms with E-state index in [9.17, 15) is 0 Å². The van der Waals surface area contributed by atoms with Gasteiger partial charge in [0.15, 0.2) is 0 Å². The summed E-state index contributed by atoms with van der Waals surface area (Å²) in [6.07, 6.45) is 12.0. The average Bonchev–Trinajstić information content (AvgIpc) is 2.73. The summed E-state index contributed by atoms with van der Waals surface area (Å²) >= 11 is 0. The smallest absolute Gasteiger partial charge is 0.0964 e. The molecule has 1 aromatic carbocycles. The Morgan fingerprint density at radius 2 is 1.90 bits per heavy atom. The van der Waals surface area contributed by atoms with Gasteiger partial charge in [-0.1, -0.05) is 48.8 Å². The highest BCUT2D eigenvalue weighted by Crippen LogP contribution is 2.61. The van der Waals surface area contributed by atoms with E-state index in [4.69, 9.17) is 7.85 Å². The fourth-order valence-corrected chi connectivity index (χ4v) is 5.53. The first-order valence-electron chi connectivity index (χ1n) is 8.72. The third kappa shape index (κ3) is 2.49. The number of allylic oxidation sites excluding steroid dienone is 2. The second-order valence-electron chi connectivity index (χ2n) is 7.82. The van der Waals surface area contributed by atoms with Crippen LogP contribution in [0.3, 0.4) is 0 Å². The van der Waals surface area contributed by atoms with Gasteiger partial charge in [0.05, 0.1) is 0 Å². The minimum atomic E-state index is 0.823. The highest BCUT2D eigenvalue weighted by molar-refractivity contribution is 6.32. The van der Waals surface area contributed by atoms with Crippen LogP contribution >= 0.6 is 0 Å². The summed E-state index contributed by atoms with van der Waals surface area (Å²) in [5.41, 5.74) is 2.21.